The minimum absolute atomic E-state index is 0.119. The first-order valence-electron chi connectivity index (χ1n) is 13.0. The highest BCUT2D eigenvalue weighted by atomic mass is 19.1. The fourth-order valence-electron chi connectivity index (χ4n) is 4.30. The molecule has 0 heterocycles. The topological polar surface area (TPSA) is 87.1 Å². The van der Waals surface area contributed by atoms with E-state index < -0.39 is 11.9 Å². The van der Waals surface area contributed by atoms with E-state index in [4.69, 9.17) is 14.9 Å². The molecule has 0 bridgehead atoms. The van der Waals surface area contributed by atoms with Crippen molar-refractivity contribution in [2.45, 2.75) is 58.3 Å². The molecule has 0 saturated heterocycles. The van der Waals surface area contributed by atoms with Gasteiger partial charge in [0.05, 0.1) is 18.3 Å². The monoisotopic (exact) mass is 521 g/mol. The minimum Gasteiger partial charge on any atom is -0.481 e. The predicted octanol–water partition coefficient (Wildman–Crippen LogP) is 5.97. The molecular formula is C31H36FNO5. The van der Waals surface area contributed by atoms with Crippen LogP contribution in [0.25, 0.3) is 0 Å². The Balaban J connectivity index is 1.53. The van der Waals surface area contributed by atoms with Gasteiger partial charge in [0.1, 0.15) is 5.82 Å². The molecule has 0 saturated carbocycles. The average molecular weight is 522 g/mol. The standard InChI is InChI=1S/C31H36FNO5/c1-23(38-22-28-17-12-25(19-29(28)32)11-10-24-7-3-2-4-8-24)20-33(18-6-5-9-30(34)35)21-26-13-15-27(16-14-26)31(36)37/h2-4,7-8,12-17,19,23H,5-6,9-11,18,20-22H2,1H3,(H,34,35)(H,36,37)/t23-/m1/s1. The number of hydrogen-bond acceptors (Lipinski definition) is 4. The molecule has 3 rings (SSSR count). The van der Waals surface area contributed by atoms with E-state index in [1.165, 1.54) is 5.56 Å². The second-order valence-electron chi connectivity index (χ2n) is 9.62. The van der Waals surface area contributed by atoms with Gasteiger partial charge >= 0.3 is 11.9 Å². The van der Waals surface area contributed by atoms with E-state index in [0.29, 0.717) is 38.0 Å². The lowest BCUT2D eigenvalue weighted by atomic mass is 10.0. The Hall–Kier alpha value is -3.55. The second-order valence-corrected chi connectivity index (χ2v) is 9.62. The van der Waals surface area contributed by atoms with Crippen molar-refractivity contribution in [3.05, 3.63) is 106 Å². The first kappa shape index (κ1) is 29.0. The summed E-state index contributed by atoms with van der Waals surface area (Å²) in [5, 5.41) is 18.0. The van der Waals surface area contributed by atoms with E-state index in [2.05, 4.69) is 17.0 Å². The third-order valence-corrected chi connectivity index (χ3v) is 6.42. The van der Waals surface area contributed by atoms with Crippen LogP contribution in [0.15, 0.2) is 72.8 Å². The number of rotatable bonds is 16. The van der Waals surface area contributed by atoms with Crippen molar-refractivity contribution in [2.24, 2.45) is 0 Å². The highest BCUT2D eigenvalue weighted by molar-refractivity contribution is 5.87. The molecule has 38 heavy (non-hydrogen) atoms. The summed E-state index contributed by atoms with van der Waals surface area (Å²) in [5.74, 6) is -2.06. The van der Waals surface area contributed by atoms with Crippen molar-refractivity contribution in [3.8, 4) is 0 Å². The van der Waals surface area contributed by atoms with Gasteiger partial charge in [-0.1, -0.05) is 54.6 Å². The number of ether oxygens (including phenoxy) is 1. The van der Waals surface area contributed by atoms with Gasteiger partial charge in [-0.3, -0.25) is 9.69 Å². The molecule has 0 aliphatic rings. The van der Waals surface area contributed by atoms with Gasteiger partial charge in [-0.05, 0) is 74.0 Å². The zero-order valence-electron chi connectivity index (χ0n) is 21.8. The molecule has 0 unspecified atom stereocenters. The van der Waals surface area contributed by atoms with Gasteiger partial charge in [0.15, 0.2) is 0 Å². The number of halogens is 1. The Morgan fingerprint density at radius 1 is 0.895 bits per heavy atom. The highest BCUT2D eigenvalue weighted by Gasteiger charge is 2.14. The first-order chi connectivity index (χ1) is 18.3. The molecule has 0 amide bonds. The summed E-state index contributed by atoms with van der Waals surface area (Å²) < 4.78 is 20.7. The maximum Gasteiger partial charge on any atom is 0.335 e. The number of aromatic carboxylic acids is 1. The third kappa shape index (κ3) is 10.1. The fraction of sp³-hybridized carbons (Fsp3) is 0.355. The summed E-state index contributed by atoms with van der Waals surface area (Å²) in [6.07, 6.45) is 2.84. The maximum atomic E-state index is 14.8. The Kier molecular flexibility index (Phi) is 11.5. The van der Waals surface area contributed by atoms with E-state index in [9.17, 15) is 14.0 Å². The number of nitrogens with zero attached hydrogens (tertiary/aromatic N) is 1. The molecule has 6 nitrogen and oxygen atoms in total. The Morgan fingerprint density at radius 2 is 1.58 bits per heavy atom. The van der Waals surface area contributed by atoms with Crippen LogP contribution in [0, 0.1) is 5.82 Å². The lowest BCUT2D eigenvalue weighted by Gasteiger charge is -2.26. The number of benzene rings is 3. The van der Waals surface area contributed by atoms with Crippen molar-refractivity contribution in [2.75, 3.05) is 13.1 Å². The van der Waals surface area contributed by atoms with Crippen LogP contribution < -0.4 is 0 Å². The number of carboxylic acids is 2. The smallest absolute Gasteiger partial charge is 0.335 e. The van der Waals surface area contributed by atoms with Gasteiger partial charge in [-0.15, -0.1) is 0 Å². The zero-order valence-corrected chi connectivity index (χ0v) is 21.8. The molecule has 7 heteroatoms. The first-order valence-corrected chi connectivity index (χ1v) is 13.0. The number of aryl methyl sites for hydroxylation is 2. The van der Waals surface area contributed by atoms with Gasteiger partial charge in [-0.25, -0.2) is 9.18 Å². The molecule has 0 aliphatic heterocycles. The Labute approximate surface area is 223 Å². The van der Waals surface area contributed by atoms with Crippen molar-refractivity contribution in [1.82, 2.24) is 4.90 Å². The quantitative estimate of drug-likeness (QED) is 0.226. The maximum absolute atomic E-state index is 14.8. The van der Waals surface area contributed by atoms with Crippen LogP contribution in [0.3, 0.4) is 0 Å². The Bertz CT molecular complexity index is 1170. The van der Waals surface area contributed by atoms with E-state index in [1.807, 2.05) is 31.2 Å². The van der Waals surface area contributed by atoms with Crippen molar-refractivity contribution >= 4 is 11.9 Å². The minimum atomic E-state index is -0.972. The van der Waals surface area contributed by atoms with Gasteiger partial charge in [0.2, 0.25) is 0 Å². The number of carbonyl (C=O) groups is 2. The number of unbranched alkanes of at least 4 members (excludes halogenated alkanes) is 1. The summed E-state index contributed by atoms with van der Waals surface area (Å²) in [6, 6.07) is 22.2. The molecule has 0 spiro atoms. The van der Waals surface area contributed by atoms with Gasteiger partial charge < -0.3 is 14.9 Å². The molecule has 0 aromatic heterocycles. The van der Waals surface area contributed by atoms with Crippen LogP contribution in [0.5, 0.6) is 0 Å². The number of aliphatic carboxylic acids is 1. The summed E-state index contributed by atoms with van der Waals surface area (Å²) in [7, 11) is 0. The second kappa shape index (κ2) is 15.0. The van der Waals surface area contributed by atoms with Gasteiger partial charge in [0, 0.05) is 25.1 Å². The lowest BCUT2D eigenvalue weighted by molar-refractivity contribution is -0.137. The molecular weight excluding hydrogens is 485 g/mol. The van der Waals surface area contributed by atoms with Crippen molar-refractivity contribution in [1.29, 1.82) is 0 Å². The van der Waals surface area contributed by atoms with Crippen LogP contribution in [0.1, 0.15) is 58.8 Å². The molecule has 2 N–H and O–H groups in total. The Morgan fingerprint density at radius 3 is 2.24 bits per heavy atom. The molecule has 3 aromatic rings. The van der Waals surface area contributed by atoms with E-state index in [1.54, 1.807) is 36.4 Å². The molecule has 0 radical (unpaired) electrons. The van der Waals surface area contributed by atoms with Crippen molar-refractivity contribution in [3.63, 3.8) is 0 Å². The van der Waals surface area contributed by atoms with Crippen LogP contribution in [0.4, 0.5) is 4.39 Å². The summed E-state index contributed by atoms with van der Waals surface area (Å²) >= 11 is 0. The summed E-state index contributed by atoms with van der Waals surface area (Å²) in [5.41, 5.74) is 3.87. The average Bonchev–Trinajstić information content (AvgIpc) is 2.90. The van der Waals surface area contributed by atoms with Crippen LogP contribution in [-0.4, -0.2) is 46.2 Å². The van der Waals surface area contributed by atoms with Crippen LogP contribution in [0.2, 0.25) is 0 Å². The normalized spacial score (nSPS) is 12.0. The third-order valence-electron chi connectivity index (χ3n) is 6.42. The molecule has 1 atom stereocenters. The lowest BCUT2D eigenvalue weighted by Crippen LogP contribution is -2.33. The van der Waals surface area contributed by atoms with E-state index in [0.717, 1.165) is 24.0 Å². The molecule has 202 valence electrons. The SMILES string of the molecule is C[C@H](CN(CCCCC(=O)O)Cc1ccc(C(=O)O)cc1)OCc1ccc(CCc2ccccc2)cc1F. The summed E-state index contributed by atoms with van der Waals surface area (Å²) in [6.45, 7) is 3.91. The van der Waals surface area contributed by atoms with E-state index >= 15 is 0 Å². The fourth-order valence-corrected chi connectivity index (χ4v) is 4.30. The van der Waals surface area contributed by atoms with E-state index in [-0.39, 0.29) is 30.5 Å². The molecule has 0 fully saturated rings. The molecule has 3 aromatic carbocycles. The van der Waals surface area contributed by atoms with Crippen molar-refractivity contribution < 1.29 is 28.9 Å². The highest BCUT2D eigenvalue weighted by Crippen LogP contribution is 2.16. The molecule has 0 aliphatic carbocycles. The number of carboxylic acid groups (broad SMARTS) is 2. The largest absolute Gasteiger partial charge is 0.481 e. The van der Waals surface area contributed by atoms with Gasteiger partial charge in [0.25, 0.3) is 0 Å². The predicted molar refractivity (Wildman–Crippen MR) is 145 cm³/mol. The number of hydrogen-bond donors (Lipinski definition) is 2. The van der Waals surface area contributed by atoms with Gasteiger partial charge in [-0.2, -0.15) is 0 Å². The van der Waals surface area contributed by atoms with Crippen LogP contribution >= 0.6 is 0 Å². The zero-order chi connectivity index (χ0) is 27.3. The van der Waals surface area contributed by atoms with Crippen LogP contribution in [-0.2, 0) is 35.5 Å². The summed E-state index contributed by atoms with van der Waals surface area (Å²) in [4.78, 5) is 24.1.